The van der Waals surface area contributed by atoms with Crippen LogP contribution in [0.4, 0.5) is 13.2 Å². The summed E-state index contributed by atoms with van der Waals surface area (Å²) in [7, 11) is 1.53. The fourth-order valence-corrected chi connectivity index (χ4v) is 3.21. The number of halogens is 3. The lowest BCUT2D eigenvalue weighted by molar-refractivity contribution is -0.127. The van der Waals surface area contributed by atoms with Gasteiger partial charge in [-0.1, -0.05) is 30.3 Å². The van der Waals surface area contributed by atoms with Crippen molar-refractivity contribution in [3.63, 3.8) is 0 Å². The first-order valence-corrected chi connectivity index (χ1v) is 9.36. The number of hydrogen-bond acceptors (Lipinski definition) is 3. The highest BCUT2D eigenvalue weighted by Gasteiger charge is 2.36. The van der Waals surface area contributed by atoms with E-state index in [1.165, 1.54) is 36.3 Å². The molecule has 1 saturated heterocycles. The van der Waals surface area contributed by atoms with Crippen LogP contribution in [0.15, 0.2) is 60.7 Å². The summed E-state index contributed by atoms with van der Waals surface area (Å²) in [6, 6.07) is 13.9. The number of nitrogens with zero attached hydrogens (tertiary/aromatic N) is 2. The van der Waals surface area contributed by atoms with E-state index in [0.29, 0.717) is 17.4 Å². The molecule has 0 unspecified atom stereocenters. The number of methoxy groups -OCH3 is 1. The summed E-state index contributed by atoms with van der Waals surface area (Å²) in [5.74, 6) is -0.282. The second kappa shape index (κ2) is 9.02. The zero-order valence-corrected chi connectivity index (χ0v) is 16.4. The number of hydrogen-bond donors (Lipinski definition) is 0. The molecule has 0 bridgehead atoms. The van der Waals surface area contributed by atoms with E-state index in [1.807, 2.05) is 0 Å². The number of carbonyl (C=O) groups excluding carboxylic acids is 2. The molecule has 0 spiro atoms. The van der Waals surface area contributed by atoms with Gasteiger partial charge in [-0.15, -0.1) is 0 Å². The van der Waals surface area contributed by atoms with E-state index in [0.717, 1.165) is 0 Å². The molecule has 0 radical (unpaired) electrons. The highest BCUT2D eigenvalue weighted by Crippen LogP contribution is 2.33. The summed E-state index contributed by atoms with van der Waals surface area (Å²) >= 11 is 0. The maximum Gasteiger partial charge on any atom is 0.417 e. The van der Waals surface area contributed by atoms with E-state index in [1.54, 1.807) is 35.2 Å². The van der Waals surface area contributed by atoms with E-state index < -0.39 is 17.7 Å². The summed E-state index contributed by atoms with van der Waals surface area (Å²) in [4.78, 5) is 28.0. The van der Waals surface area contributed by atoms with Gasteiger partial charge in [-0.3, -0.25) is 9.59 Å². The van der Waals surface area contributed by atoms with Gasteiger partial charge in [0.15, 0.2) is 0 Å². The number of rotatable bonds is 4. The molecule has 1 aliphatic rings. The maximum atomic E-state index is 13.4. The van der Waals surface area contributed by atoms with Crippen molar-refractivity contribution in [3.05, 3.63) is 71.8 Å². The van der Waals surface area contributed by atoms with Gasteiger partial charge in [0.1, 0.15) is 5.75 Å². The Labute approximate surface area is 172 Å². The van der Waals surface area contributed by atoms with Crippen molar-refractivity contribution in [3.8, 4) is 5.75 Å². The monoisotopic (exact) mass is 418 g/mol. The zero-order chi connectivity index (χ0) is 21.7. The molecule has 158 valence electrons. The molecule has 0 saturated carbocycles. The highest BCUT2D eigenvalue weighted by atomic mass is 19.4. The van der Waals surface area contributed by atoms with Crippen LogP contribution in [0, 0.1) is 0 Å². The summed E-state index contributed by atoms with van der Waals surface area (Å²) < 4.78 is 45.4. The third-order valence-corrected chi connectivity index (χ3v) is 4.87. The Morgan fingerprint density at radius 3 is 1.97 bits per heavy atom. The first-order valence-electron chi connectivity index (χ1n) is 9.36. The van der Waals surface area contributed by atoms with Crippen molar-refractivity contribution in [1.82, 2.24) is 9.80 Å². The topological polar surface area (TPSA) is 49.9 Å². The van der Waals surface area contributed by atoms with Gasteiger partial charge in [0, 0.05) is 37.8 Å². The van der Waals surface area contributed by atoms with Crippen molar-refractivity contribution in [2.24, 2.45) is 0 Å². The Bertz CT molecular complexity index is 917. The van der Waals surface area contributed by atoms with Gasteiger partial charge in [0.25, 0.3) is 5.91 Å². The standard InChI is InChI=1S/C22H21F3N2O3/c1-30-18-9-7-17(8-10-18)21(29)27-13-11-26(12-14-27)20(28)15-19(22(23,24)25)16-5-3-2-4-6-16/h2-10,15H,11-14H2,1H3/b19-15-. The smallest absolute Gasteiger partial charge is 0.417 e. The minimum absolute atomic E-state index is 0.0633. The number of benzene rings is 2. The predicted molar refractivity (Wildman–Crippen MR) is 106 cm³/mol. The lowest BCUT2D eigenvalue weighted by Gasteiger charge is -2.34. The third-order valence-electron chi connectivity index (χ3n) is 4.87. The minimum atomic E-state index is -4.65. The van der Waals surface area contributed by atoms with Gasteiger partial charge in [-0.05, 0) is 29.8 Å². The summed E-state index contributed by atoms with van der Waals surface area (Å²) in [6.07, 6.45) is -4.01. The fourth-order valence-electron chi connectivity index (χ4n) is 3.21. The van der Waals surface area contributed by atoms with Crippen LogP contribution in [0.1, 0.15) is 15.9 Å². The zero-order valence-electron chi connectivity index (χ0n) is 16.4. The molecule has 8 heteroatoms. The van der Waals surface area contributed by atoms with Crippen molar-refractivity contribution >= 4 is 17.4 Å². The van der Waals surface area contributed by atoms with Gasteiger partial charge in [-0.2, -0.15) is 13.2 Å². The van der Waals surface area contributed by atoms with E-state index in [4.69, 9.17) is 4.74 Å². The SMILES string of the molecule is COc1ccc(C(=O)N2CCN(C(=O)/C=C(/c3ccccc3)C(F)(F)F)CC2)cc1. The summed E-state index contributed by atoms with van der Waals surface area (Å²) in [6.45, 7) is 0.822. The molecular formula is C22H21F3N2O3. The van der Waals surface area contributed by atoms with Crippen molar-refractivity contribution in [2.45, 2.75) is 6.18 Å². The van der Waals surface area contributed by atoms with Crippen molar-refractivity contribution < 1.29 is 27.5 Å². The molecule has 0 N–H and O–H groups in total. The van der Waals surface area contributed by atoms with Crippen LogP contribution in [-0.4, -0.2) is 61.1 Å². The Kier molecular flexibility index (Phi) is 6.44. The van der Waals surface area contributed by atoms with Crippen LogP contribution in [0.3, 0.4) is 0 Å². The summed E-state index contributed by atoms with van der Waals surface area (Å²) in [5, 5.41) is 0. The molecule has 1 heterocycles. The normalized spacial score (nSPS) is 15.1. The van der Waals surface area contributed by atoms with Gasteiger partial charge in [0.2, 0.25) is 5.91 Å². The number of carbonyl (C=O) groups is 2. The maximum absolute atomic E-state index is 13.4. The Morgan fingerprint density at radius 2 is 1.43 bits per heavy atom. The average Bonchev–Trinajstić information content (AvgIpc) is 2.76. The first-order chi connectivity index (χ1) is 14.3. The first kappa shape index (κ1) is 21.4. The van der Waals surface area contributed by atoms with Crippen LogP contribution in [0.5, 0.6) is 5.75 Å². The predicted octanol–water partition coefficient (Wildman–Crippen LogP) is 3.63. The number of amides is 2. The molecule has 3 rings (SSSR count). The molecule has 0 aromatic heterocycles. The van der Waals surface area contributed by atoms with Crippen LogP contribution in [0.2, 0.25) is 0 Å². The number of alkyl halides is 3. The molecule has 2 aromatic carbocycles. The molecule has 0 aliphatic carbocycles. The number of ether oxygens (including phenoxy) is 1. The van der Waals surface area contributed by atoms with Crippen LogP contribution < -0.4 is 4.74 Å². The fraction of sp³-hybridized carbons (Fsp3) is 0.273. The highest BCUT2D eigenvalue weighted by molar-refractivity contribution is 5.97. The lowest BCUT2D eigenvalue weighted by atomic mass is 10.0. The lowest BCUT2D eigenvalue weighted by Crippen LogP contribution is -2.50. The quantitative estimate of drug-likeness (QED) is 0.713. The number of allylic oxidation sites excluding steroid dienone is 1. The van der Waals surface area contributed by atoms with E-state index >= 15 is 0 Å². The van der Waals surface area contributed by atoms with E-state index in [2.05, 4.69) is 0 Å². The van der Waals surface area contributed by atoms with Gasteiger partial charge in [0.05, 0.1) is 12.7 Å². The van der Waals surface area contributed by atoms with Crippen molar-refractivity contribution in [2.75, 3.05) is 33.3 Å². The van der Waals surface area contributed by atoms with Crippen molar-refractivity contribution in [1.29, 1.82) is 0 Å². The molecular weight excluding hydrogens is 397 g/mol. The Balaban J connectivity index is 1.66. The number of piperazine rings is 1. The molecule has 5 nitrogen and oxygen atoms in total. The molecule has 0 atom stereocenters. The second-order valence-electron chi connectivity index (χ2n) is 6.77. The second-order valence-corrected chi connectivity index (χ2v) is 6.77. The van der Waals surface area contributed by atoms with Gasteiger partial charge >= 0.3 is 6.18 Å². The summed E-state index contributed by atoms with van der Waals surface area (Å²) in [5.41, 5.74) is -0.560. The van der Waals surface area contributed by atoms with Crippen LogP contribution >= 0.6 is 0 Å². The molecule has 1 aliphatic heterocycles. The molecule has 30 heavy (non-hydrogen) atoms. The van der Waals surface area contributed by atoms with Crippen LogP contribution in [-0.2, 0) is 4.79 Å². The molecule has 1 fully saturated rings. The van der Waals surface area contributed by atoms with E-state index in [9.17, 15) is 22.8 Å². The third kappa shape index (κ3) is 5.00. The average molecular weight is 418 g/mol. The Morgan fingerprint density at radius 1 is 0.867 bits per heavy atom. The molecule has 2 amide bonds. The van der Waals surface area contributed by atoms with E-state index in [-0.39, 0.29) is 37.6 Å². The Hall–Kier alpha value is -3.29. The largest absolute Gasteiger partial charge is 0.497 e. The van der Waals surface area contributed by atoms with Crippen LogP contribution in [0.25, 0.3) is 5.57 Å². The van der Waals surface area contributed by atoms with Gasteiger partial charge in [-0.25, -0.2) is 0 Å². The minimum Gasteiger partial charge on any atom is -0.497 e. The van der Waals surface area contributed by atoms with Gasteiger partial charge < -0.3 is 14.5 Å². The molecule has 2 aromatic rings.